The van der Waals surface area contributed by atoms with Crippen molar-refractivity contribution in [2.24, 2.45) is 0 Å². The van der Waals surface area contributed by atoms with Crippen molar-refractivity contribution in [1.82, 2.24) is 9.55 Å². The van der Waals surface area contributed by atoms with Gasteiger partial charge in [0, 0.05) is 17.3 Å². The maximum absolute atomic E-state index is 11.7. The van der Waals surface area contributed by atoms with Gasteiger partial charge in [-0.2, -0.15) is 0 Å². The van der Waals surface area contributed by atoms with Crippen molar-refractivity contribution >= 4 is 0 Å². The molecule has 0 aliphatic heterocycles. The summed E-state index contributed by atoms with van der Waals surface area (Å²) in [6.45, 7) is 1.81. The Morgan fingerprint density at radius 1 is 1.35 bits per heavy atom. The maximum Gasteiger partial charge on any atom is 0.328 e. The molecule has 0 unspecified atom stereocenters. The molecule has 5 heteroatoms. The van der Waals surface area contributed by atoms with Crippen LogP contribution in [0.5, 0.6) is 0 Å². The van der Waals surface area contributed by atoms with E-state index in [-0.39, 0.29) is 12.2 Å². The summed E-state index contributed by atoms with van der Waals surface area (Å²) in [5.74, 6) is 5.38. The monoisotopic (exact) mass is 270 g/mol. The molecule has 0 radical (unpaired) electrons. The van der Waals surface area contributed by atoms with Crippen molar-refractivity contribution in [3.8, 4) is 11.8 Å². The highest BCUT2D eigenvalue weighted by atomic mass is 16.2. The van der Waals surface area contributed by atoms with Gasteiger partial charge in [-0.05, 0) is 24.6 Å². The van der Waals surface area contributed by atoms with Gasteiger partial charge in [-0.15, -0.1) is 0 Å². The lowest BCUT2D eigenvalue weighted by molar-refractivity contribution is 0.350. The van der Waals surface area contributed by atoms with Crippen molar-refractivity contribution in [1.29, 1.82) is 0 Å². The highest BCUT2D eigenvalue weighted by Gasteiger charge is 2.02. The Morgan fingerprint density at radius 2 is 2.15 bits per heavy atom. The molecule has 2 N–H and O–H groups in total. The largest absolute Gasteiger partial charge is 0.384 e. The van der Waals surface area contributed by atoms with Crippen LogP contribution in [0.4, 0.5) is 0 Å². The van der Waals surface area contributed by atoms with E-state index in [0.29, 0.717) is 12.1 Å². The van der Waals surface area contributed by atoms with E-state index < -0.39 is 5.69 Å². The molecule has 0 saturated heterocycles. The van der Waals surface area contributed by atoms with Crippen LogP contribution >= 0.6 is 0 Å². The average Bonchev–Trinajstić information content (AvgIpc) is 2.43. The number of aromatic nitrogens is 2. The van der Waals surface area contributed by atoms with Crippen LogP contribution in [0.15, 0.2) is 40.1 Å². The second-order valence-electron chi connectivity index (χ2n) is 4.36. The number of aryl methyl sites for hydroxylation is 1. The molecule has 0 aliphatic rings. The third-order valence-electron chi connectivity index (χ3n) is 2.78. The summed E-state index contributed by atoms with van der Waals surface area (Å²) < 4.78 is 1.44. The van der Waals surface area contributed by atoms with Crippen molar-refractivity contribution in [3.63, 3.8) is 0 Å². The van der Waals surface area contributed by atoms with Gasteiger partial charge in [0.2, 0.25) is 0 Å². The van der Waals surface area contributed by atoms with Crippen LogP contribution in [-0.2, 0) is 6.54 Å². The zero-order chi connectivity index (χ0) is 14.5. The lowest BCUT2D eigenvalue weighted by Crippen LogP contribution is -2.31. The van der Waals surface area contributed by atoms with Gasteiger partial charge >= 0.3 is 5.69 Å². The molecule has 5 nitrogen and oxygen atoms in total. The molecular weight excluding hydrogens is 256 g/mol. The van der Waals surface area contributed by atoms with E-state index in [1.54, 1.807) is 6.92 Å². The molecule has 0 atom stereocenters. The molecule has 2 rings (SSSR count). The Bertz CT molecular complexity index is 791. The van der Waals surface area contributed by atoms with Gasteiger partial charge in [0.15, 0.2) is 0 Å². The van der Waals surface area contributed by atoms with E-state index in [4.69, 9.17) is 5.11 Å². The van der Waals surface area contributed by atoms with Crippen LogP contribution in [0, 0.1) is 18.8 Å². The summed E-state index contributed by atoms with van der Waals surface area (Å²) in [5, 5.41) is 8.67. The van der Waals surface area contributed by atoms with Gasteiger partial charge in [-0.25, -0.2) is 4.79 Å². The number of aromatic amines is 1. The summed E-state index contributed by atoms with van der Waals surface area (Å²) >= 11 is 0. The van der Waals surface area contributed by atoms with Gasteiger partial charge in [0.05, 0.1) is 6.54 Å². The first-order valence-corrected chi connectivity index (χ1v) is 6.09. The Morgan fingerprint density at radius 3 is 2.90 bits per heavy atom. The number of nitrogens with one attached hydrogen (secondary N) is 1. The molecule has 1 aromatic heterocycles. The lowest BCUT2D eigenvalue weighted by atomic mass is 10.1. The van der Waals surface area contributed by atoms with E-state index >= 15 is 0 Å². The molecule has 0 amide bonds. The molecular formula is C15H14N2O3. The third kappa shape index (κ3) is 3.25. The number of benzene rings is 1. The Balaban J connectivity index is 2.33. The highest BCUT2D eigenvalue weighted by Crippen LogP contribution is 2.05. The summed E-state index contributed by atoms with van der Waals surface area (Å²) in [5.41, 5.74) is 1.34. The number of rotatable bonds is 2. The number of aliphatic hydroxyl groups excluding tert-OH is 1. The SMILES string of the molecule is Cc1cn(Cc2cccc(C#CCO)c2)c(=O)[nH]c1=O. The Kier molecular flexibility index (Phi) is 4.18. The van der Waals surface area contributed by atoms with Crippen molar-refractivity contribution < 1.29 is 5.11 Å². The highest BCUT2D eigenvalue weighted by molar-refractivity contribution is 5.37. The molecule has 0 bridgehead atoms. The van der Waals surface area contributed by atoms with Gasteiger partial charge in [-0.3, -0.25) is 14.3 Å². The molecule has 2 aromatic rings. The lowest BCUT2D eigenvalue weighted by Gasteiger charge is -2.06. The zero-order valence-electron chi connectivity index (χ0n) is 11.0. The Labute approximate surface area is 115 Å². The van der Waals surface area contributed by atoms with Gasteiger partial charge in [0.25, 0.3) is 5.56 Å². The molecule has 1 aromatic carbocycles. The third-order valence-corrected chi connectivity index (χ3v) is 2.78. The summed E-state index contributed by atoms with van der Waals surface area (Å²) in [7, 11) is 0. The molecule has 0 saturated carbocycles. The summed E-state index contributed by atoms with van der Waals surface area (Å²) in [6, 6.07) is 7.37. The van der Waals surface area contributed by atoms with Crippen molar-refractivity contribution in [3.05, 3.63) is 68.0 Å². The fourth-order valence-corrected chi connectivity index (χ4v) is 1.82. The number of aliphatic hydroxyl groups is 1. The van der Waals surface area contributed by atoms with E-state index in [9.17, 15) is 9.59 Å². The fraction of sp³-hybridized carbons (Fsp3) is 0.200. The van der Waals surface area contributed by atoms with Crippen molar-refractivity contribution in [2.45, 2.75) is 13.5 Å². The normalized spacial score (nSPS) is 9.90. The van der Waals surface area contributed by atoms with Crippen LogP contribution in [0.1, 0.15) is 16.7 Å². The topological polar surface area (TPSA) is 75.1 Å². The van der Waals surface area contributed by atoms with E-state index in [2.05, 4.69) is 16.8 Å². The smallest absolute Gasteiger partial charge is 0.328 e. The number of hydrogen-bond donors (Lipinski definition) is 2. The number of nitrogens with zero attached hydrogens (tertiary/aromatic N) is 1. The van der Waals surface area contributed by atoms with Gasteiger partial charge in [0.1, 0.15) is 6.61 Å². The zero-order valence-corrected chi connectivity index (χ0v) is 11.0. The van der Waals surface area contributed by atoms with E-state index in [0.717, 1.165) is 11.1 Å². The standard InChI is InChI=1S/C15H14N2O3/c1-11-9-17(15(20)16-14(11)19)10-13-5-2-4-12(8-13)6-3-7-18/h2,4-5,8-9,18H,7,10H2,1H3,(H,16,19,20). The minimum atomic E-state index is -0.438. The fourth-order valence-electron chi connectivity index (χ4n) is 1.82. The van der Waals surface area contributed by atoms with E-state index in [1.807, 2.05) is 24.3 Å². The van der Waals surface area contributed by atoms with E-state index in [1.165, 1.54) is 10.8 Å². The van der Waals surface area contributed by atoms with Crippen LogP contribution in [-0.4, -0.2) is 21.3 Å². The van der Waals surface area contributed by atoms with Crippen molar-refractivity contribution in [2.75, 3.05) is 6.61 Å². The van der Waals surface area contributed by atoms with Gasteiger partial charge < -0.3 is 5.11 Å². The number of H-pyrrole nitrogens is 1. The average molecular weight is 270 g/mol. The molecule has 1 heterocycles. The number of hydrogen-bond acceptors (Lipinski definition) is 3. The van der Waals surface area contributed by atoms with Crippen LogP contribution < -0.4 is 11.2 Å². The second kappa shape index (κ2) is 6.04. The predicted octanol–water partition coefficient (Wildman–Crippen LogP) is 0.237. The van der Waals surface area contributed by atoms with Crippen LogP contribution in [0.3, 0.4) is 0 Å². The molecule has 102 valence electrons. The second-order valence-corrected chi connectivity index (χ2v) is 4.36. The van der Waals surface area contributed by atoms with Gasteiger partial charge in [-0.1, -0.05) is 24.0 Å². The first kappa shape index (κ1) is 13.8. The Hall–Kier alpha value is -2.58. The summed E-state index contributed by atoms with van der Waals surface area (Å²) in [6.07, 6.45) is 1.53. The minimum absolute atomic E-state index is 0.192. The molecule has 0 fully saturated rings. The minimum Gasteiger partial charge on any atom is -0.384 e. The first-order chi connectivity index (χ1) is 9.60. The molecule has 0 spiro atoms. The molecule has 0 aliphatic carbocycles. The molecule has 20 heavy (non-hydrogen) atoms. The summed E-state index contributed by atoms with van der Waals surface area (Å²) in [4.78, 5) is 25.3. The first-order valence-electron chi connectivity index (χ1n) is 6.09. The van der Waals surface area contributed by atoms with Crippen LogP contribution in [0.25, 0.3) is 0 Å². The predicted molar refractivity (Wildman–Crippen MR) is 75.6 cm³/mol. The van der Waals surface area contributed by atoms with Crippen LogP contribution in [0.2, 0.25) is 0 Å². The maximum atomic E-state index is 11.7. The quantitative estimate of drug-likeness (QED) is 0.767.